The fourth-order valence-corrected chi connectivity index (χ4v) is 2.15. The molecule has 1 aromatic rings. The smallest absolute Gasteiger partial charge is 0.407 e. The Hall–Kier alpha value is -2.19. The molecule has 110 valence electrons. The molecule has 1 fully saturated rings. The van der Waals surface area contributed by atoms with Crippen molar-refractivity contribution in [3.05, 3.63) is 6.33 Å². The van der Waals surface area contributed by atoms with Crippen LogP contribution in [0.2, 0.25) is 0 Å². The lowest BCUT2D eigenvalue weighted by Crippen LogP contribution is -2.50. The van der Waals surface area contributed by atoms with Crippen LogP contribution in [-0.2, 0) is 16.1 Å². The van der Waals surface area contributed by atoms with Gasteiger partial charge in [0.1, 0.15) is 12.9 Å². The first kappa shape index (κ1) is 14.2. The first-order valence-corrected chi connectivity index (χ1v) is 6.61. The zero-order valence-corrected chi connectivity index (χ0v) is 11.4. The second kappa shape index (κ2) is 6.83. The molecular formula is C11H18N6O3. The largest absolute Gasteiger partial charge is 0.450 e. The molecule has 1 atom stereocenters. The van der Waals surface area contributed by atoms with Crippen LogP contribution in [0.5, 0.6) is 0 Å². The highest BCUT2D eigenvalue weighted by Gasteiger charge is 2.25. The summed E-state index contributed by atoms with van der Waals surface area (Å²) in [5, 5.41) is 13.4. The minimum Gasteiger partial charge on any atom is -0.450 e. The van der Waals surface area contributed by atoms with E-state index < -0.39 is 6.09 Å². The summed E-state index contributed by atoms with van der Waals surface area (Å²) in [5.74, 6) is -0.0624. The zero-order chi connectivity index (χ0) is 14.4. The highest BCUT2D eigenvalue weighted by molar-refractivity contribution is 5.76. The SMILES string of the molecule is CCOC(=O)NC1CCCN(C(=O)Cn2cnnn2)C1. The van der Waals surface area contributed by atoms with E-state index in [4.69, 9.17) is 4.74 Å². The molecule has 2 heterocycles. The Labute approximate surface area is 116 Å². The Kier molecular flexibility index (Phi) is 4.85. The average molecular weight is 282 g/mol. The maximum atomic E-state index is 12.1. The van der Waals surface area contributed by atoms with E-state index in [-0.39, 0.29) is 18.5 Å². The number of carbonyl (C=O) groups excluding carboxylic acids is 2. The van der Waals surface area contributed by atoms with Gasteiger partial charge >= 0.3 is 6.09 Å². The lowest BCUT2D eigenvalue weighted by Gasteiger charge is -2.32. The van der Waals surface area contributed by atoms with Gasteiger partial charge in [-0.25, -0.2) is 9.48 Å². The van der Waals surface area contributed by atoms with Gasteiger partial charge in [-0.3, -0.25) is 4.79 Å². The third-order valence-corrected chi connectivity index (χ3v) is 3.06. The van der Waals surface area contributed by atoms with Crippen LogP contribution < -0.4 is 5.32 Å². The molecule has 1 aliphatic heterocycles. The van der Waals surface area contributed by atoms with Gasteiger partial charge < -0.3 is 15.0 Å². The summed E-state index contributed by atoms with van der Waals surface area (Å²) >= 11 is 0. The zero-order valence-electron chi connectivity index (χ0n) is 11.4. The van der Waals surface area contributed by atoms with Gasteiger partial charge in [0.25, 0.3) is 0 Å². The van der Waals surface area contributed by atoms with Crippen LogP contribution in [0.4, 0.5) is 4.79 Å². The number of hydrogen-bond donors (Lipinski definition) is 1. The van der Waals surface area contributed by atoms with Gasteiger partial charge in [-0.15, -0.1) is 5.10 Å². The number of piperidine rings is 1. The van der Waals surface area contributed by atoms with Gasteiger partial charge in [-0.2, -0.15) is 0 Å². The predicted octanol–water partition coefficient (Wildman–Crippen LogP) is -0.590. The van der Waals surface area contributed by atoms with Crippen LogP contribution >= 0.6 is 0 Å². The standard InChI is InChI=1S/C11H18N6O3/c1-2-20-11(19)13-9-4-3-5-16(6-9)10(18)7-17-8-12-14-15-17/h8-9H,2-7H2,1H3,(H,13,19). The number of rotatable bonds is 4. The summed E-state index contributed by atoms with van der Waals surface area (Å²) in [4.78, 5) is 25.2. The fraction of sp³-hybridized carbons (Fsp3) is 0.727. The lowest BCUT2D eigenvalue weighted by atomic mass is 10.1. The van der Waals surface area contributed by atoms with Crippen LogP contribution in [0, 0.1) is 0 Å². The number of hydrogen-bond acceptors (Lipinski definition) is 6. The Bertz CT molecular complexity index is 449. The Morgan fingerprint density at radius 1 is 1.50 bits per heavy atom. The fourth-order valence-electron chi connectivity index (χ4n) is 2.15. The number of carbonyl (C=O) groups is 2. The van der Waals surface area contributed by atoms with Gasteiger partial charge in [-0.05, 0) is 30.2 Å². The van der Waals surface area contributed by atoms with Crippen molar-refractivity contribution < 1.29 is 14.3 Å². The van der Waals surface area contributed by atoms with Crippen molar-refractivity contribution in [1.82, 2.24) is 30.4 Å². The average Bonchev–Trinajstić information content (AvgIpc) is 2.92. The van der Waals surface area contributed by atoms with Gasteiger partial charge in [0.2, 0.25) is 5.91 Å². The molecule has 1 aromatic heterocycles. The monoisotopic (exact) mass is 282 g/mol. The topological polar surface area (TPSA) is 102 Å². The molecule has 1 unspecified atom stereocenters. The Morgan fingerprint density at radius 3 is 3.05 bits per heavy atom. The van der Waals surface area contributed by atoms with E-state index >= 15 is 0 Å². The Morgan fingerprint density at radius 2 is 2.35 bits per heavy atom. The third-order valence-electron chi connectivity index (χ3n) is 3.06. The van der Waals surface area contributed by atoms with Gasteiger partial charge in [0.15, 0.2) is 0 Å². The molecule has 2 rings (SSSR count). The third kappa shape index (κ3) is 3.90. The Balaban J connectivity index is 1.83. The first-order chi connectivity index (χ1) is 9.69. The van der Waals surface area contributed by atoms with Gasteiger partial charge in [0.05, 0.1) is 6.61 Å². The number of amides is 2. The number of aromatic nitrogens is 4. The van der Waals surface area contributed by atoms with Crippen LogP contribution in [0.1, 0.15) is 19.8 Å². The van der Waals surface area contributed by atoms with Crippen LogP contribution in [0.15, 0.2) is 6.33 Å². The van der Waals surface area contributed by atoms with Crippen molar-refractivity contribution in [2.45, 2.75) is 32.4 Å². The molecule has 20 heavy (non-hydrogen) atoms. The van der Waals surface area contributed by atoms with Gasteiger partial charge in [-0.1, -0.05) is 0 Å². The molecule has 0 saturated carbocycles. The lowest BCUT2D eigenvalue weighted by molar-refractivity contribution is -0.133. The molecule has 0 radical (unpaired) electrons. The van der Waals surface area contributed by atoms with Crippen molar-refractivity contribution in [1.29, 1.82) is 0 Å². The number of ether oxygens (including phenoxy) is 1. The van der Waals surface area contributed by atoms with Crippen LogP contribution in [0.3, 0.4) is 0 Å². The van der Waals surface area contributed by atoms with E-state index in [2.05, 4.69) is 20.8 Å². The maximum Gasteiger partial charge on any atom is 0.407 e. The van der Waals surface area contributed by atoms with E-state index in [1.54, 1.807) is 11.8 Å². The molecule has 9 nitrogen and oxygen atoms in total. The molecule has 0 bridgehead atoms. The number of nitrogens with one attached hydrogen (secondary N) is 1. The van der Waals surface area contributed by atoms with E-state index in [9.17, 15) is 9.59 Å². The molecule has 2 amide bonds. The molecule has 0 aliphatic carbocycles. The van der Waals surface area contributed by atoms with Crippen molar-refractivity contribution in [2.75, 3.05) is 19.7 Å². The van der Waals surface area contributed by atoms with Crippen LogP contribution in [-0.4, -0.2) is 62.8 Å². The molecular weight excluding hydrogens is 264 g/mol. The summed E-state index contributed by atoms with van der Waals surface area (Å²) in [6.07, 6.45) is 2.65. The number of tetrazole rings is 1. The minimum absolute atomic E-state index is 0.0624. The van der Waals surface area contributed by atoms with Crippen LogP contribution in [0.25, 0.3) is 0 Å². The molecule has 0 spiro atoms. The second-order valence-corrected chi connectivity index (χ2v) is 4.55. The predicted molar refractivity (Wildman–Crippen MR) is 67.6 cm³/mol. The first-order valence-electron chi connectivity index (χ1n) is 6.61. The number of likely N-dealkylation sites (tertiary alicyclic amines) is 1. The van der Waals surface area contributed by atoms with E-state index in [0.717, 1.165) is 12.8 Å². The summed E-state index contributed by atoms with van der Waals surface area (Å²) in [6, 6.07) is -0.0689. The summed E-state index contributed by atoms with van der Waals surface area (Å²) in [7, 11) is 0. The van der Waals surface area contributed by atoms with Gasteiger partial charge in [0, 0.05) is 19.1 Å². The highest BCUT2D eigenvalue weighted by atomic mass is 16.5. The van der Waals surface area contributed by atoms with E-state index in [0.29, 0.717) is 19.7 Å². The summed E-state index contributed by atoms with van der Waals surface area (Å²) in [5.41, 5.74) is 0. The highest BCUT2D eigenvalue weighted by Crippen LogP contribution is 2.11. The van der Waals surface area contributed by atoms with Crippen molar-refractivity contribution in [3.63, 3.8) is 0 Å². The van der Waals surface area contributed by atoms with Crippen molar-refractivity contribution >= 4 is 12.0 Å². The maximum absolute atomic E-state index is 12.1. The minimum atomic E-state index is -0.438. The number of alkyl carbamates (subject to hydrolysis) is 1. The molecule has 9 heteroatoms. The van der Waals surface area contributed by atoms with E-state index in [1.807, 2.05) is 0 Å². The molecule has 0 aromatic carbocycles. The van der Waals surface area contributed by atoms with E-state index in [1.165, 1.54) is 11.0 Å². The molecule has 1 aliphatic rings. The van der Waals surface area contributed by atoms with Crippen molar-refractivity contribution in [2.24, 2.45) is 0 Å². The molecule has 1 saturated heterocycles. The second-order valence-electron chi connectivity index (χ2n) is 4.55. The molecule has 1 N–H and O–H groups in total. The summed E-state index contributed by atoms with van der Waals surface area (Å²) in [6.45, 7) is 3.36. The number of nitrogens with zero attached hydrogens (tertiary/aromatic N) is 5. The normalized spacial score (nSPS) is 18.6. The quantitative estimate of drug-likeness (QED) is 0.792. The summed E-state index contributed by atoms with van der Waals surface area (Å²) < 4.78 is 6.22. The van der Waals surface area contributed by atoms with Crippen molar-refractivity contribution in [3.8, 4) is 0 Å².